The van der Waals surface area contributed by atoms with E-state index in [1.807, 2.05) is 0 Å². The Kier molecular flexibility index (Phi) is 8.31. The van der Waals surface area contributed by atoms with Gasteiger partial charge < -0.3 is 14.7 Å². The van der Waals surface area contributed by atoms with Crippen LogP contribution in [0.15, 0.2) is 42.5 Å². The number of benzene rings is 2. The highest BCUT2D eigenvalue weighted by Gasteiger charge is 2.23. The molecule has 1 aliphatic heterocycles. The van der Waals surface area contributed by atoms with Gasteiger partial charge in [0.05, 0.1) is 16.6 Å². The molecule has 1 amide bonds. The van der Waals surface area contributed by atoms with Gasteiger partial charge in [0.25, 0.3) is 0 Å². The SMILES string of the molecule is O=C(O)CN1CCN(C(=O)CS(=O)Cc2ccc(Oc3ccc(Cl)c(Cl)c3)cc2)CC1. The first-order valence-corrected chi connectivity index (χ1v) is 11.8. The standard InChI is InChI=1S/C21H22Cl2N2O5S/c22-18-6-5-17(11-19(18)23)30-16-3-1-15(2-4-16)13-31(29)14-20(26)25-9-7-24(8-10-25)12-21(27)28/h1-6,11H,7-10,12-14H2,(H,27,28). The molecule has 0 aromatic heterocycles. The van der Waals surface area contributed by atoms with E-state index in [1.54, 1.807) is 52.3 Å². The Bertz CT molecular complexity index is 963. The minimum absolute atomic E-state index is 0.0290. The number of carbonyl (C=O) groups excluding carboxylic acids is 1. The van der Waals surface area contributed by atoms with Crippen molar-refractivity contribution in [3.8, 4) is 11.5 Å². The third kappa shape index (κ3) is 7.21. The fourth-order valence-electron chi connectivity index (χ4n) is 3.14. The molecule has 7 nitrogen and oxygen atoms in total. The number of ether oxygens (including phenoxy) is 1. The average molecular weight is 485 g/mol. The van der Waals surface area contributed by atoms with Gasteiger partial charge in [-0.05, 0) is 29.8 Å². The third-order valence-corrected chi connectivity index (χ3v) is 6.71. The summed E-state index contributed by atoms with van der Waals surface area (Å²) in [5, 5.41) is 9.68. The molecule has 1 saturated heterocycles. The molecular formula is C21H22Cl2N2O5S. The van der Waals surface area contributed by atoms with Gasteiger partial charge in [0, 0.05) is 48.8 Å². The Morgan fingerprint density at radius 1 is 0.968 bits per heavy atom. The molecule has 166 valence electrons. The second kappa shape index (κ2) is 10.9. The van der Waals surface area contributed by atoms with Crippen LogP contribution in [0.1, 0.15) is 5.56 Å². The molecule has 1 unspecified atom stereocenters. The first-order valence-electron chi connectivity index (χ1n) is 9.59. The molecule has 1 N–H and O–H groups in total. The number of aliphatic carboxylic acids is 1. The van der Waals surface area contributed by atoms with Gasteiger partial charge in [0.1, 0.15) is 17.3 Å². The summed E-state index contributed by atoms with van der Waals surface area (Å²) in [5.41, 5.74) is 0.832. The van der Waals surface area contributed by atoms with Crippen molar-refractivity contribution in [1.29, 1.82) is 0 Å². The Morgan fingerprint density at radius 2 is 1.61 bits per heavy atom. The van der Waals surface area contributed by atoms with Crippen molar-refractivity contribution in [2.75, 3.05) is 38.5 Å². The van der Waals surface area contributed by atoms with Gasteiger partial charge in [-0.3, -0.25) is 18.7 Å². The second-order valence-electron chi connectivity index (χ2n) is 7.10. The van der Waals surface area contributed by atoms with Crippen LogP contribution in [-0.4, -0.2) is 69.5 Å². The summed E-state index contributed by atoms with van der Waals surface area (Å²) in [6, 6.07) is 12.1. The molecule has 10 heteroatoms. The molecule has 2 aromatic carbocycles. The van der Waals surface area contributed by atoms with Gasteiger partial charge in [-0.2, -0.15) is 0 Å². The molecular weight excluding hydrogens is 463 g/mol. The normalized spacial score (nSPS) is 15.5. The number of carbonyl (C=O) groups is 2. The minimum Gasteiger partial charge on any atom is -0.480 e. The maximum Gasteiger partial charge on any atom is 0.317 e. The van der Waals surface area contributed by atoms with Crippen molar-refractivity contribution in [3.63, 3.8) is 0 Å². The van der Waals surface area contributed by atoms with Gasteiger partial charge in [-0.25, -0.2) is 0 Å². The molecule has 1 aliphatic rings. The third-order valence-electron chi connectivity index (χ3n) is 4.75. The Hall–Kier alpha value is -2.13. The van der Waals surface area contributed by atoms with Crippen LogP contribution in [-0.2, 0) is 26.1 Å². The van der Waals surface area contributed by atoms with Crippen molar-refractivity contribution in [1.82, 2.24) is 9.80 Å². The maximum absolute atomic E-state index is 12.4. The van der Waals surface area contributed by atoms with Crippen LogP contribution >= 0.6 is 23.2 Å². The molecule has 0 bridgehead atoms. The fraction of sp³-hybridized carbons (Fsp3) is 0.333. The average Bonchev–Trinajstić information content (AvgIpc) is 2.72. The number of rotatable bonds is 8. The maximum atomic E-state index is 12.4. The molecule has 1 atom stereocenters. The van der Waals surface area contributed by atoms with Crippen molar-refractivity contribution >= 4 is 45.9 Å². The predicted octanol–water partition coefficient (Wildman–Crippen LogP) is 3.26. The highest BCUT2D eigenvalue weighted by molar-refractivity contribution is 7.84. The van der Waals surface area contributed by atoms with Crippen LogP contribution in [0.25, 0.3) is 0 Å². The zero-order chi connectivity index (χ0) is 22.4. The second-order valence-corrected chi connectivity index (χ2v) is 9.37. The summed E-state index contributed by atoms with van der Waals surface area (Å²) in [7, 11) is -1.34. The van der Waals surface area contributed by atoms with E-state index in [0.717, 1.165) is 5.56 Å². The van der Waals surface area contributed by atoms with Gasteiger partial charge in [0.2, 0.25) is 5.91 Å². The lowest BCUT2D eigenvalue weighted by atomic mass is 10.2. The van der Waals surface area contributed by atoms with E-state index in [4.69, 9.17) is 33.0 Å². The van der Waals surface area contributed by atoms with E-state index in [9.17, 15) is 13.8 Å². The van der Waals surface area contributed by atoms with E-state index < -0.39 is 16.8 Å². The molecule has 0 saturated carbocycles. The highest BCUT2D eigenvalue weighted by Crippen LogP contribution is 2.29. The highest BCUT2D eigenvalue weighted by atomic mass is 35.5. The summed E-state index contributed by atoms with van der Waals surface area (Å²) >= 11 is 11.9. The van der Waals surface area contributed by atoms with Crippen molar-refractivity contribution in [2.45, 2.75) is 5.75 Å². The van der Waals surface area contributed by atoms with Crippen molar-refractivity contribution in [2.24, 2.45) is 0 Å². The Labute approximate surface area is 192 Å². The number of amides is 1. The smallest absolute Gasteiger partial charge is 0.317 e. The summed E-state index contributed by atoms with van der Waals surface area (Å²) in [6.45, 7) is 1.88. The number of carboxylic acids is 1. The largest absolute Gasteiger partial charge is 0.480 e. The quantitative estimate of drug-likeness (QED) is 0.618. The monoisotopic (exact) mass is 484 g/mol. The van der Waals surface area contributed by atoms with Gasteiger partial charge in [0.15, 0.2) is 0 Å². The van der Waals surface area contributed by atoms with E-state index in [-0.39, 0.29) is 24.0 Å². The van der Waals surface area contributed by atoms with E-state index >= 15 is 0 Å². The molecule has 2 aromatic rings. The number of halogens is 2. The summed E-state index contributed by atoms with van der Waals surface area (Å²) in [5.74, 6) is 0.309. The molecule has 31 heavy (non-hydrogen) atoms. The minimum atomic E-state index is -1.34. The number of hydrogen-bond acceptors (Lipinski definition) is 5. The number of piperazine rings is 1. The fourth-order valence-corrected chi connectivity index (χ4v) is 4.56. The van der Waals surface area contributed by atoms with Crippen LogP contribution in [0.5, 0.6) is 11.5 Å². The zero-order valence-electron chi connectivity index (χ0n) is 16.6. The van der Waals surface area contributed by atoms with Crippen LogP contribution < -0.4 is 4.74 Å². The topological polar surface area (TPSA) is 87.2 Å². The van der Waals surface area contributed by atoms with Crippen molar-refractivity contribution < 1.29 is 23.6 Å². The molecule has 0 radical (unpaired) electrons. The van der Waals surface area contributed by atoms with Crippen LogP contribution in [0.3, 0.4) is 0 Å². The van der Waals surface area contributed by atoms with Gasteiger partial charge in [-0.15, -0.1) is 0 Å². The Balaban J connectivity index is 1.46. The van der Waals surface area contributed by atoms with Gasteiger partial charge in [-0.1, -0.05) is 35.3 Å². The van der Waals surface area contributed by atoms with E-state index in [0.29, 0.717) is 47.7 Å². The van der Waals surface area contributed by atoms with E-state index in [1.165, 1.54) is 0 Å². The Morgan fingerprint density at radius 3 is 2.23 bits per heavy atom. The molecule has 1 heterocycles. The van der Waals surface area contributed by atoms with Crippen molar-refractivity contribution in [3.05, 3.63) is 58.1 Å². The van der Waals surface area contributed by atoms with Crippen LogP contribution in [0.2, 0.25) is 10.0 Å². The lowest BCUT2D eigenvalue weighted by Crippen LogP contribution is -2.50. The number of hydrogen-bond donors (Lipinski definition) is 1. The molecule has 3 rings (SSSR count). The van der Waals surface area contributed by atoms with E-state index in [2.05, 4.69) is 0 Å². The number of carboxylic acid groups (broad SMARTS) is 1. The zero-order valence-corrected chi connectivity index (χ0v) is 19.0. The summed E-state index contributed by atoms with van der Waals surface area (Å²) in [4.78, 5) is 26.6. The predicted molar refractivity (Wildman–Crippen MR) is 120 cm³/mol. The lowest BCUT2D eigenvalue weighted by molar-refractivity contribution is -0.139. The molecule has 1 fully saturated rings. The molecule has 0 spiro atoms. The first-order chi connectivity index (χ1) is 14.8. The van der Waals surface area contributed by atoms with Gasteiger partial charge >= 0.3 is 5.97 Å². The summed E-state index contributed by atoms with van der Waals surface area (Å²) in [6.07, 6.45) is 0. The lowest BCUT2D eigenvalue weighted by Gasteiger charge is -2.33. The van der Waals surface area contributed by atoms with Crippen LogP contribution in [0, 0.1) is 0 Å². The first kappa shape index (κ1) is 23.5. The summed E-state index contributed by atoms with van der Waals surface area (Å²) < 4.78 is 18.2. The number of nitrogens with zero attached hydrogens (tertiary/aromatic N) is 2. The van der Waals surface area contributed by atoms with Crippen LogP contribution in [0.4, 0.5) is 0 Å². The molecule has 0 aliphatic carbocycles.